The first-order valence-corrected chi connectivity index (χ1v) is 12.9. The fraction of sp³-hybridized carbons (Fsp3) is 0.714. The molecule has 0 amide bonds. The third-order valence-electron chi connectivity index (χ3n) is 7.36. The summed E-state index contributed by atoms with van der Waals surface area (Å²) in [6.45, 7) is 10.1. The van der Waals surface area contributed by atoms with Crippen molar-refractivity contribution in [1.29, 1.82) is 21.0 Å². The second-order valence-corrected chi connectivity index (χ2v) is 10.6. The molecule has 0 spiro atoms. The zero-order chi connectivity index (χ0) is 26.8. The summed E-state index contributed by atoms with van der Waals surface area (Å²) in [7, 11) is 1.82. The average molecular weight is 487 g/mol. The topological polar surface area (TPSA) is 145 Å². The Morgan fingerprint density at radius 1 is 0.750 bits per heavy atom. The number of hydrogen-bond donors (Lipinski definition) is 0. The van der Waals surface area contributed by atoms with E-state index in [4.69, 9.17) is 31.0 Å². The maximum absolute atomic E-state index is 8.97. The first-order chi connectivity index (χ1) is 17.1. The molecule has 0 fully saturated rings. The molecule has 0 saturated heterocycles. The van der Waals surface area contributed by atoms with E-state index in [1.54, 1.807) is 13.8 Å². The van der Waals surface area contributed by atoms with Gasteiger partial charge in [-0.15, -0.1) is 0 Å². The van der Waals surface area contributed by atoms with Crippen molar-refractivity contribution in [3.8, 4) is 24.3 Å². The standard InChI is InChI=1S/C15H22N4.C13H16N4/c1-8-5-11-7-12-6-9(2)13(16-4)18-15(12)19-14(11)17-10(8)3;1-10(6-14)3-12(8-16)5-13(9-17)4-11(2)7-15/h8-9,11-12H,5-7H2,1-4H3;10-13H,3-5H2,1-2H3. The molecule has 190 valence electrons. The van der Waals surface area contributed by atoms with Crippen LogP contribution in [0.1, 0.15) is 73.1 Å². The van der Waals surface area contributed by atoms with Crippen molar-refractivity contribution in [2.24, 2.45) is 67.3 Å². The van der Waals surface area contributed by atoms with E-state index >= 15 is 0 Å². The van der Waals surface area contributed by atoms with Crippen LogP contribution in [-0.2, 0) is 0 Å². The molecule has 3 aliphatic heterocycles. The lowest BCUT2D eigenvalue weighted by Crippen LogP contribution is -2.38. The van der Waals surface area contributed by atoms with Gasteiger partial charge < -0.3 is 0 Å². The fourth-order valence-electron chi connectivity index (χ4n) is 5.11. The summed E-state index contributed by atoms with van der Waals surface area (Å²) in [6.07, 6.45) is 4.93. The van der Waals surface area contributed by atoms with Gasteiger partial charge >= 0.3 is 0 Å². The van der Waals surface area contributed by atoms with Crippen molar-refractivity contribution in [3.05, 3.63) is 0 Å². The van der Waals surface area contributed by atoms with E-state index in [-0.39, 0.29) is 23.7 Å². The molecule has 0 aromatic rings. The molecule has 0 aromatic heterocycles. The highest BCUT2D eigenvalue weighted by atomic mass is 15.1. The summed E-state index contributed by atoms with van der Waals surface area (Å²) in [5.74, 6) is 4.12. The summed E-state index contributed by atoms with van der Waals surface area (Å²) < 4.78 is 0. The first-order valence-electron chi connectivity index (χ1n) is 12.9. The summed E-state index contributed by atoms with van der Waals surface area (Å²) in [6, 6.07) is 8.45. The van der Waals surface area contributed by atoms with Crippen LogP contribution in [0, 0.1) is 92.7 Å². The minimum Gasteiger partial charge on any atom is -0.274 e. The number of rotatable bonds is 6. The SMILES string of the molecule is CC(C#N)CC(C#N)CC(C#N)CC(C)C#N.CN=C1N=C2N=C3N=C(C)C(C)CC3CC2CC1C. The van der Waals surface area contributed by atoms with Crippen molar-refractivity contribution in [1.82, 2.24) is 0 Å². The highest BCUT2D eigenvalue weighted by Crippen LogP contribution is 2.36. The van der Waals surface area contributed by atoms with E-state index in [1.165, 1.54) is 18.6 Å². The number of nitriles is 4. The fourth-order valence-corrected chi connectivity index (χ4v) is 5.11. The number of fused-ring (bicyclic) bond motifs is 2. The Labute approximate surface area is 216 Å². The maximum atomic E-state index is 8.97. The van der Waals surface area contributed by atoms with Crippen LogP contribution >= 0.6 is 0 Å². The number of aliphatic imine (C=N–C) groups is 4. The zero-order valence-corrected chi connectivity index (χ0v) is 22.4. The molecule has 8 heteroatoms. The minimum absolute atomic E-state index is 0.174. The Kier molecular flexibility index (Phi) is 11.0. The molecule has 0 radical (unpaired) electrons. The molecule has 3 aliphatic rings. The predicted molar refractivity (Wildman–Crippen MR) is 142 cm³/mol. The summed E-state index contributed by atoms with van der Waals surface area (Å²) in [5, 5.41) is 35.3. The van der Waals surface area contributed by atoms with Gasteiger partial charge in [0.2, 0.25) is 0 Å². The third kappa shape index (κ3) is 7.83. The Balaban J connectivity index is 0.000000256. The van der Waals surface area contributed by atoms with E-state index in [9.17, 15) is 0 Å². The van der Waals surface area contributed by atoms with Crippen molar-refractivity contribution in [2.45, 2.75) is 73.1 Å². The molecule has 8 atom stereocenters. The second-order valence-electron chi connectivity index (χ2n) is 10.6. The number of hydrogen-bond acceptors (Lipinski definition) is 7. The van der Waals surface area contributed by atoms with Gasteiger partial charge in [0.15, 0.2) is 0 Å². The normalized spacial score (nSPS) is 28.8. The Morgan fingerprint density at radius 2 is 1.25 bits per heavy atom. The van der Waals surface area contributed by atoms with Crippen molar-refractivity contribution >= 4 is 23.2 Å². The lowest BCUT2D eigenvalue weighted by atomic mass is 9.77. The zero-order valence-electron chi connectivity index (χ0n) is 22.4. The number of nitrogens with zero attached hydrogens (tertiary/aromatic N) is 8. The van der Waals surface area contributed by atoms with Gasteiger partial charge in [0.25, 0.3) is 0 Å². The van der Waals surface area contributed by atoms with E-state index in [2.05, 4.69) is 55.0 Å². The molecule has 0 N–H and O–H groups in total. The Morgan fingerprint density at radius 3 is 1.72 bits per heavy atom. The molecular formula is C28H38N8. The van der Waals surface area contributed by atoms with Gasteiger partial charge in [0.05, 0.1) is 24.3 Å². The van der Waals surface area contributed by atoms with Gasteiger partial charge in [-0.1, -0.05) is 13.8 Å². The average Bonchev–Trinajstić information content (AvgIpc) is 2.87. The summed E-state index contributed by atoms with van der Waals surface area (Å²) in [5.41, 5.74) is 1.21. The molecular weight excluding hydrogens is 448 g/mol. The van der Waals surface area contributed by atoms with Crippen LogP contribution in [-0.4, -0.2) is 30.3 Å². The van der Waals surface area contributed by atoms with Crippen molar-refractivity contribution < 1.29 is 0 Å². The molecule has 8 nitrogen and oxygen atoms in total. The minimum atomic E-state index is -0.278. The molecule has 0 saturated carbocycles. The molecule has 3 rings (SSSR count). The quantitative estimate of drug-likeness (QED) is 0.471. The van der Waals surface area contributed by atoms with Gasteiger partial charge in [0.1, 0.15) is 17.5 Å². The van der Waals surface area contributed by atoms with E-state index < -0.39 is 0 Å². The molecule has 8 unspecified atom stereocenters. The largest absolute Gasteiger partial charge is 0.274 e. The highest BCUT2D eigenvalue weighted by Gasteiger charge is 2.37. The lowest BCUT2D eigenvalue weighted by Gasteiger charge is -2.36. The highest BCUT2D eigenvalue weighted by molar-refractivity contribution is 6.11. The van der Waals surface area contributed by atoms with Gasteiger partial charge in [-0.25, -0.2) is 15.0 Å². The van der Waals surface area contributed by atoms with Crippen LogP contribution in [0.25, 0.3) is 0 Å². The second kappa shape index (κ2) is 13.7. The molecule has 0 bridgehead atoms. The van der Waals surface area contributed by atoms with Crippen LogP contribution in [0.4, 0.5) is 0 Å². The summed E-state index contributed by atoms with van der Waals surface area (Å²) >= 11 is 0. The van der Waals surface area contributed by atoms with E-state index in [0.29, 0.717) is 42.9 Å². The monoisotopic (exact) mass is 486 g/mol. The molecule has 36 heavy (non-hydrogen) atoms. The summed E-state index contributed by atoms with van der Waals surface area (Å²) in [4.78, 5) is 18.4. The van der Waals surface area contributed by atoms with Gasteiger partial charge in [-0.05, 0) is 65.2 Å². The molecule has 3 heterocycles. The van der Waals surface area contributed by atoms with Gasteiger partial charge in [-0.2, -0.15) is 21.0 Å². The maximum Gasteiger partial charge on any atom is 0.135 e. The Bertz CT molecular complexity index is 1030. The van der Waals surface area contributed by atoms with Gasteiger partial charge in [-0.3, -0.25) is 4.99 Å². The lowest BCUT2D eigenvalue weighted by molar-refractivity contribution is 0.403. The molecule has 0 aromatic carbocycles. The van der Waals surface area contributed by atoms with Crippen LogP contribution in [0.5, 0.6) is 0 Å². The number of amidine groups is 3. The van der Waals surface area contributed by atoms with Crippen molar-refractivity contribution in [2.75, 3.05) is 7.05 Å². The third-order valence-corrected chi connectivity index (χ3v) is 7.36. The first kappa shape index (κ1) is 28.9. The predicted octanol–water partition coefficient (Wildman–Crippen LogP) is 5.74. The smallest absolute Gasteiger partial charge is 0.135 e. The van der Waals surface area contributed by atoms with Crippen molar-refractivity contribution in [3.63, 3.8) is 0 Å². The van der Waals surface area contributed by atoms with E-state index in [1.807, 2.05) is 7.05 Å². The van der Waals surface area contributed by atoms with Crippen LogP contribution < -0.4 is 0 Å². The van der Waals surface area contributed by atoms with E-state index in [0.717, 1.165) is 23.9 Å². The van der Waals surface area contributed by atoms with Crippen LogP contribution in [0.2, 0.25) is 0 Å². The van der Waals surface area contributed by atoms with Gasteiger partial charge in [0, 0.05) is 54.2 Å². The molecule has 0 aliphatic carbocycles. The Hall–Kier alpha value is -3.36. The van der Waals surface area contributed by atoms with Crippen LogP contribution in [0.15, 0.2) is 20.0 Å². The van der Waals surface area contributed by atoms with Crippen LogP contribution in [0.3, 0.4) is 0 Å².